The summed E-state index contributed by atoms with van der Waals surface area (Å²) in [4.78, 5) is 14.8. The number of hydrogen-bond donors (Lipinski definition) is 1. The maximum absolute atomic E-state index is 13.0. The van der Waals surface area contributed by atoms with Crippen LogP contribution < -0.4 is 0 Å². The highest BCUT2D eigenvalue weighted by Gasteiger charge is 2.25. The van der Waals surface area contributed by atoms with Gasteiger partial charge in [-0.05, 0) is 44.9 Å². The molecule has 3 heteroatoms. The third kappa shape index (κ3) is 3.80. The van der Waals surface area contributed by atoms with Gasteiger partial charge in [0.15, 0.2) is 0 Å². The molecule has 1 unspecified atom stereocenters. The molecule has 0 heterocycles. The molecule has 0 aliphatic carbocycles. The number of hydrogen-bond acceptors (Lipinski definition) is 2. The first-order valence-electron chi connectivity index (χ1n) is 8.08. The average molecular weight is 311 g/mol. The minimum absolute atomic E-state index is 0.0411. The summed E-state index contributed by atoms with van der Waals surface area (Å²) in [5.74, 6) is -0.0411. The second kappa shape index (κ2) is 7.42. The zero-order chi connectivity index (χ0) is 17.0. The first-order chi connectivity index (χ1) is 10.9. The quantitative estimate of drug-likeness (QED) is 0.905. The fraction of sp³-hybridized carbons (Fsp3) is 0.350. The lowest BCUT2D eigenvalue weighted by Gasteiger charge is -2.32. The van der Waals surface area contributed by atoms with Crippen LogP contribution >= 0.6 is 0 Å². The number of nitrogens with zero attached hydrogens (tertiary/aromatic N) is 1. The predicted octanol–water partition coefficient (Wildman–Crippen LogP) is 4.03. The second-order valence-electron chi connectivity index (χ2n) is 6.30. The maximum atomic E-state index is 13.0. The lowest BCUT2D eigenvalue weighted by atomic mass is 9.95. The van der Waals surface area contributed by atoms with Crippen LogP contribution in [0, 0.1) is 0 Å². The molecule has 0 fully saturated rings. The molecule has 0 radical (unpaired) electrons. The molecule has 0 aliphatic heterocycles. The summed E-state index contributed by atoms with van der Waals surface area (Å²) in [6.45, 7) is 8.03. The molecule has 1 N–H and O–H groups in total. The lowest BCUT2D eigenvalue weighted by Crippen LogP contribution is -2.42. The molecule has 2 aromatic carbocycles. The first-order valence-corrected chi connectivity index (χ1v) is 8.08. The average Bonchev–Trinajstić information content (AvgIpc) is 2.54. The Morgan fingerprint density at radius 3 is 1.96 bits per heavy atom. The third-order valence-electron chi connectivity index (χ3n) is 3.95. The van der Waals surface area contributed by atoms with E-state index < -0.39 is 6.10 Å². The van der Waals surface area contributed by atoms with Crippen molar-refractivity contribution in [2.75, 3.05) is 0 Å². The summed E-state index contributed by atoms with van der Waals surface area (Å²) in [6.07, 6.45) is -0.808. The van der Waals surface area contributed by atoms with E-state index >= 15 is 0 Å². The smallest absolute Gasteiger partial charge is 0.254 e. The molecule has 0 saturated carbocycles. The van der Waals surface area contributed by atoms with E-state index in [1.165, 1.54) is 0 Å². The minimum Gasteiger partial charge on any atom is -0.384 e. The number of aliphatic hydroxyl groups excluding tert-OH is 1. The third-order valence-corrected chi connectivity index (χ3v) is 3.95. The highest BCUT2D eigenvalue weighted by molar-refractivity contribution is 5.96. The van der Waals surface area contributed by atoms with Crippen LogP contribution in [-0.2, 0) is 0 Å². The Morgan fingerprint density at radius 2 is 1.39 bits per heavy atom. The largest absolute Gasteiger partial charge is 0.384 e. The summed E-state index contributed by atoms with van der Waals surface area (Å²) in [6, 6.07) is 16.9. The fourth-order valence-corrected chi connectivity index (χ4v) is 2.95. The molecule has 0 bridgehead atoms. The molecule has 3 nitrogen and oxygen atoms in total. The van der Waals surface area contributed by atoms with E-state index in [2.05, 4.69) is 0 Å². The van der Waals surface area contributed by atoms with Crippen LogP contribution in [0.15, 0.2) is 54.6 Å². The van der Waals surface area contributed by atoms with Gasteiger partial charge in [0, 0.05) is 17.6 Å². The van der Waals surface area contributed by atoms with Gasteiger partial charge in [-0.15, -0.1) is 0 Å². The van der Waals surface area contributed by atoms with Crippen LogP contribution in [0.25, 0.3) is 0 Å². The van der Waals surface area contributed by atoms with Gasteiger partial charge in [-0.3, -0.25) is 4.79 Å². The number of benzene rings is 2. The van der Waals surface area contributed by atoms with Crippen molar-refractivity contribution in [2.24, 2.45) is 0 Å². The number of aliphatic hydroxyl groups is 1. The van der Waals surface area contributed by atoms with Crippen molar-refractivity contribution in [3.05, 3.63) is 71.3 Å². The molecule has 1 atom stereocenters. The second-order valence-corrected chi connectivity index (χ2v) is 6.30. The van der Waals surface area contributed by atoms with Crippen molar-refractivity contribution in [1.29, 1.82) is 0 Å². The molecule has 23 heavy (non-hydrogen) atoms. The van der Waals surface area contributed by atoms with Gasteiger partial charge in [-0.1, -0.05) is 48.5 Å². The normalized spacial score (nSPS) is 12.5. The van der Waals surface area contributed by atoms with Crippen molar-refractivity contribution >= 4 is 5.91 Å². The molecule has 0 aromatic heterocycles. The van der Waals surface area contributed by atoms with E-state index in [1.54, 1.807) is 6.07 Å². The Morgan fingerprint density at radius 1 is 0.870 bits per heavy atom. The number of rotatable bonds is 5. The van der Waals surface area contributed by atoms with Gasteiger partial charge in [-0.2, -0.15) is 0 Å². The van der Waals surface area contributed by atoms with E-state index in [-0.39, 0.29) is 18.0 Å². The molecule has 0 spiro atoms. The maximum Gasteiger partial charge on any atom is 0.254 e. The Balaban J connectivity index is 2.43. The minimum atomic E-state index is -0.808. The van der Waals surface area contributed by atoms with E-state index in [0.29, 0.717) is 11.1 Å². The van der Waals surface area contributed by atoms with Gasteiger partial charge in [0.25, 0.3) is 5.91 Å². The van der Waals surface area contributed by atoms with Crippen LogP contribution in [-0.4, -0.2) is 28.0 Å². The molecule has 0 aliphatic rings. The molecule has 122 valence electrons. The van der Waals surface area contributed by atoms with Gasteiger partial charge in [0.1, 0.15) is 6.10 Å². The Bertz CT molecular complexity index is 642. The first kappa shape index (κ1) is 17.2. The van der Waals surface area contributed by atoms with Gasteiger partial charge < -0.3 is 10.0 Å². The van der Waals surface area contributed by atoms with Crippen LogP contribution in [0.2, 0.25) is 0 Å². The Hall–Kier alpha value is -2.13. The zero-order valence-electron chi connectivity index (χ0n) is 14.2. The fourth-order valence-electron chi connectivity index (χ4n) is 2.95. The summed E-state index contributed by atoms with van der Waals surface area (Å²) in [5, 5.41) is 10.7. The van der Waals surface area contributed by atoms with E-state index in [9.17, 15) is 9.90 Å². The van der Waals surface area contributed by atoms with Crippen LogP contribution in [0.3, 0.4) is 0 Å². The summed E-state index contributed by atoms with van der Waals surface area (Å²) in [5.41, 5.74) is 2.00. The van der Waals surface area contributed by atoms with Gasteiger partial charge >= 0.3 is 0 Å². The van der Waals surface area contributed by atoms with Crippen molar-refractivity contribution < 1.29 is 9.90 Å². The van der Waals surface area contributed by atoms with Crippen molar-refractivity contribution in [3.63, 3.8) is 0 Å². The van der Waals surface area contributed by atoms with Crippen molar-refractivity contribution in [1.82, 2.24) is 4.90 Å². The highest BCUT2D eigenvalue weighted by atomic mass is 16.3. The van der Waals surface area contributed by atoms with E-state index in [1.807, 2.05) is 81.1 Å². The van der Waals surface area contributed by atoms with Crippen LogP contribution in [0.5, 0.6) is 0 Å². The molecular weight excluding hydrogens is 286 g/mol. The summed E-state index contributed by atoms with van der Waals surface area (Å²) >= 11 is 0. The monoisotopic (exact) mass is 311 g/mol. The molecule has 2 rings (SSSR count). The van der Waals surface area contributed by atoms with Crippen molar-refractivity contribution in [3.8, 4) is 0 Å². The van der Waals surface area contributed by atoms with Gasteiger partial charge in [-0.25, -0.2) is 0 Å². The Kier molecular flexibility index (Phi) is 5.56. The topological polar surface area (TPSA) is 40.5 Å². The van der Waals surface area contributed by atoms with Gasteiger partial charge in [0.05, 0.1) is 0 Å². The molecule has 0 saturated heterocycles. The van der Waals surface area contributed by atoms with E-state index in [0.717, 1.165) is 5.56 Å². The standard InChI is InChI=1S/C20H25NO2/c1-14(2)21(15(3)4)20(23)18-13-9-8-12-17(18)19(22)16-10-6-5-7-11-16/h5-15,19,22H,1-4H3. The molecular formula is C20H25NO2. The number of carbonyl (C=O) groups excluding carboxylic acids is 1. The van der Waals surface area contributed by atoms with E-state index in [4.69, 9.17) is 0 Å². The highest BCUT2D eigenvalue weighted by Crippen LogP contribution is 2.26. The predicted molar refractivity (Wildman–Crippen MR) is 93.4 cm³/mol. The van der Waals surface area contributed by atoms with Gasteiger partial charge in [0.2, 0.25) is 0 Å². The summed E-state index contributed by atoms with van der Waals surface area (Å²) in [7, 11) is 0. The van der Waals surface area contributed by atoms with Crippen LogP contribution in [0.4, 0.5) is 0 Å². The van der Waals surface area contributed by atoms with Crippen LogP contribution in [0.1, 0.15) is 55.3 Å². The SMILES string of the molecule is CC(C)N(C(=O)c1ccccc1C(O)c1ccccc1)C(C)C. The zero-order valence-corrected chi connectivity index (χ0v) is 14.2. The summed E-state index contributed by atoms with van der Waals surface area (Å²) < 4.78 is 0. The van der Waals surface area contributed by atoms with Crippen molar-refractivity contribution in [2.45, 2.75) is 45.9 Å². The molecule has 2 aromatic rings. The number of amides is 1. The molecule has 1 amide bonds. The lowest BCUT2D eigenvalue weighted by molar-refractivity contribution is 0.0638. The Labute approximate surface area is 138 Å². The number of carbonyl (C=O) groups is 1.